The third-order valence-corrected chi connectivity index (χ3v) is 4.71. The molecule has 130 valence electrons. The Morgan fingerprint density at radius 2 is 1.76 bits per heavy atom. The highest BCUT2D eigenvalue weighted by atomic mass is 16.2. The van der Waals surface area contributed by atoms with E-state index in [4.69, 9.17) is 5.73 Å². The second kappa shape index (κ2) is 6.97. The van der Waals surface area contributed by atoms with Crippen LogP contribution in [0.2, 0.25) is 0 Å². The average Bonchev–Trinajstić information content (AvgIpc) is 3.13. The van der Waals surface area contributed by atoms with E-state index in [9.17, 15) is 9.59 Å². The zero-order valence-corrected chi connectivity index (χ0v) is 14.6. The molecule has 0 bridgehead atoms. The number of benzene rings is 2. The lowest BCUT2D eigenvalue weighted by Gasteiger charge is -2.18. The Bertz CT molecular complexity index is 824. The first kappa shape index (κ1) is 17.0. The summed E-state index contributed by atoms with van der Waals surface area (Å²) in [6.45, 7) is 5.34. The Morgan fingerprint density at radius 3 is 2.48 bits per heavy atom. The van der Waals surface area contributed by atoms with E-state index in [1.54, 1.807) is 18.2 Å². The van der Waals surface area contributed by atoms with E-state index in [1.807, 2.05) is 36.9 Å². The molecule has 2 amide bonds. The van der Waals surface area contributed by atoms with E-state index in [0.717, 1.165) is 37.1 Å². The number of rotatable bonds is 3. The van der Waals surface area contributed by atoms with Gasteiger partial charge in [0.1, 0.15) is 0 Å². The monoisotopic (exact) mass is 337 g/mol. The molecule has 5 heteroatoms. The number of carbonyl (C=O) groups is 2. The van der Waals surface area contributed by atoms with Gasteiger partial charge in [-0.05, 0) is 62.1 Å². The number of anilines is 2. The largest absolute Gasteiger partial charge is 0.399 e. The molecule has 1 aliphatic heterocycles. The van der Waals surface area contributed by atoms with E-state index in [2.05, 4.69) is 5.32 Å². The molecule has 1 fully saturated rings. The van der Waals surface area contributed by atoms with E-state index in [1.165, 1.54) is 0 Å². The summed E-state index contributed by atoms with van der Waals surface area (Å²) in [5.41, 5.74) is 9.81. The van der Waals surface area contributed by atoms with Crippen LogP contribution in [0.5, 0.6) is 0 Å². The van der Waals surface area contributed by atoms with Crippen molar-refractivity contribution in [3.8, 4) is 0 Å². The molecular formula is C20H23N3O2. The van der Waals surface area contributed by atoms with Crippen LogP contribution in [-0.2, 0) is 0 Å². The van der Waals surface area contributed by atoms with Crippen LogP contribution >= 0.6 is 0 Å². The van der Waals surface area contributed by atoms with E-state index in [0.29, 0.717) is 22.5 Å². The molecule has 0 unspecified atom stereocenters. The number of nitrogens with two attached hydrogens (primary N) is 1. The Hall–Kier alpha value is -2.82. The first-order chi connectivity index (χ1) is 12.0. The van der Waals surface area contributed by atoms with Gasteiger partial charge in [0.15, 0.2) is 0 Å². The van der Waals surface area contributed by atoms with Crippen molar-refractivity contribution in [2.24, 2.45) is 0 Å². The summed E-state index contributed by atoms with van der Waals surface area (Å²) in [5.74, 6) is -0.190. The Kier molecular flexibility index (Phi) is 4.74. The number of carbonyl (C=O) groups excluding carboxylic acids is 2. The van der Waals surface area contributed by atoms with Crippen LogP contribution in [0.3, 0.4) is 0 Å². The van der Waals surface area contributed by atoms with Gasteiger partial charge in [-0.1, -0.05) is 12.1 Å². The second-order valence-electron chi connectivity index (χ2n) is 6.51. The van der Waals surface area contributed by atoms with Crippen LogP contribution in [0.25, 0.3) is 0 Å². The molecule has 1 aliphatic rings. The van der Waals surface area contributed by atoms with Crippen molar-refractivity contribution in [1.82, 2.24) is 4.90 Å². The van der Waals surface area contributed by atoms with Gasteiger partial charge in [0.05, 0.1) is 0 Å². The van der Waals surface area contributed by atoms with Crippen LogP contribution in [-0.4, -0.2) is 29.8 Å². The Balaban J connectivity index is 1.85. The molecule has 0 aromatic heterocycles. The number of nitrogens with zero attached hydrogens (tertiary/aromatic N) is 1. The zero-order chi connectivity index (χ0) is 18.0. The summed E-state index contributed by atoms with van der Waals surface area (Å²) in [7, 11) is 0. The number of nitrogens with one attached hydrogen (secondary N) is 1. The minimum atomic E-state index is -0.223. The first-order valence-electron chi connectivity index (χ1n) is 8.54. The number of aryl methyl sites for hydroxylation is 1. The summed E-state index contributed by atoms with van der Waals surface area (Å²) < 4.78 is 0. The average molecular weight is 337 g/mol. The van der Waals surface area contributed by atoms with Crippen molar-refractivity contribution >= 4 is 23.2 Å². The van der Waals surface area contributed by atoms with E-state index >= 15 is 0 Å². The zero-order valence-electron chi connectivity index (χ0n) is 14.6. The Morgan fingerprint density at radius 1 is 1.04 bits per heavy atom. The topological polar surface area (TPSA) is 75.4 Å². The molecule has 0 saturated carbocycles. The molecule has 1 heterocycles. The summed E-state index contributed by atoms with van der Waals surface area (Å²) in [4.78, 5) is 27.2. The standard InChI is InChI=1S/C20H23N3O2/c1-13-8-9-15(21)12-17(13)19(24)22-18-7-5-6-16(14(18)2)20(25)23-10-3-4-11-23/h5-9,12H,3-4,10-11,21H2,1-2H3,(H,22,24). The van der Waals surface area contributed by atoms with Gasteiger partial charge >= 0.3 is 0 Å². The molecule has 0 aliphatic carbocycles. The summed E-state index contributed by atoms with van der Waals surface area (Å²) in [6.07, 6.45) is 2.10. The molecule has 5 nitrogen and oxygen atoms in total. The van der Waals surface area contributed by atoms with Gasteiger partial charge in [0, 0.05) is 35.6 Å². The maximum absolute atomic E-state index is 12.7. The van der Waals surface area contributed by atoms with Crippen molar-refractivity contribution in [1.29, 1.82) is 0 Å². The first-order valence-corrected chi connectivity index (χ1v) is 8.54. The van der Waals surface area contributed by atoms with Crippen LogP contribution in [0.4, 0.5) is 11.4 Å². The molecule has 2 aromatic carbocycles. The van der Waals surface area contributed by atoms with Crippen molar-refractivity contribution in [3.05, 3.63) is 58.7 Å². The maximum atomic E-state index is 12.7. The molecule has 3 N–H and O–H groups in total. The third kappa shape index (κ3) is 3.50. The highest BCUT2D eigenvalue weighted by Crippen LogP contribution is 2.23. The van der Waals surface area contributed by atoms with Crippen molar-refractivity contribution < 1.29 is 9.59 Å². The fourth-order valence-electron chi connectivity index (χ4n) is 3.17. The molecule has 3 rings (SSSR count). The predicted octanol–water partition coefficient (Wildman–Crippen LogP) is 3.37. The minimum Gasteiger partial charge on any atom is -0.399 e. The lowest BCUT2D eigenvalue weighted by atomic mass is 10.0. The Labute approximate surface area is 147 Å². The van der Waals surface area contributed by atoms with E-state index in [-0.39, 0.29) is 11.8 Å². The number of hydrogen-bond donors (Lipinski definition) is 2. The summed E-state index contributed by atoms with van der Waals surface area (Å²) in [6, 6.07) is 10.7. The highest BCUT2D eigenvalue weighted by Gasteiger charge is 2.22. The van der Waals surface area contributed by atoms with Crippen molar-refractivity contribution in [2.75, 3.05) is 24.1 Å². The number of hydrogen-bond acceptors (Lipinski definition) is 3. The maximum Gasteiger partial charge on any atom is 0.256 e. The highest BCUT2D eigenvalue weighted by molar-refractivity contribution is 6.07. The van der Waals surface area contributed by atoms with Crippen molar-refractivity contribution in [2.45, 2.75) is 26.7 Å². The van der Waals surface area contributed by atoms with Crippen LogP contribution < -0.4 is 11.1 Å². The lowest BCUT2D eigenvalue weighted by Crippen LogP contribution is -2.28. The van der Waals surface area contributed by atoms with Gasteiger partial charge < -0.3 is 16.0 Å². The third-order valence-electron chi connectivity index (χ3n) is 4.71. The SMILES string of the molecule is Cc1ccc(N)cc1C(=O)Nc1cccc(C(=O)N2CCCC2)c1C. The smallest absolute Gasteiger partial charge is 0.256 e. The fourth-order valence-corrected chi connectivity index (χ4v) is 3.17. The molecular weight excluding hydrogens is 314 g/mol. The summed E-state index contributed by atoms with van der Waals surface area (Å²) in [5, 5.41) is 2.92. The molecule has 0 spiro atoms. The normalized spacial score (nSPS) is 13.8. The van der Waals surface area contributed by atoms with Gasteiger partial charge in [-0.3, -0.25) is 9.59 Å². The van der Waals surface area contributed by atoms with Gasteiger partial charge in [0.25, 0.3) is 11.8 Å². The molecule has 2 aromatic rings. The lowest BCUT2D eigenvalue weighted by molar-refractivity contribution is 0.0791. The molecule has 0 atom stereocenters. The predicted molar refractivity (Wildman–Crippen MR) is 99.9 cm³/mol. The summed E-state index contributed by atoms with van der Waals surface area (Å²) >= 11 is 0. The van der Waals surface area contributed by atoms with Gasteiger partial charge in [0.2, 0.25) is 0 Å². The molecule has 25 heavy (non-hydrogen) atoms. The van der Waals surface area contributed by atoms with E-state index < -0.39 is 0 Å². The van der Waals surface area contributed by atoms with Gasteiger partial charge in [-0.2, -0.15) is 0 Å². The number of nitrogen functional groups attached to an aromatic ring is 1. The fraction of sp³-hybridized carbons (Fsp3) is 0.300. The second-order valence-corrected chi connectivity index (χ2v) is 6.51. The van der Waals surface area contributed by atoms with Gasteiger partial charge in [-0.25, -0.2) is 0 Å². The molecule has 1 saturated heterocycles. The quantitative estimate of drug-likeness (QED) is 0.843. The molecule has 0 radical (unpaired) electrons. The van der Waals surface area contributed by atoms with Crippen LogP contribution in [0.1, 0.15) is 44.7 Å². The number of amides is 2. The number of likely N-dealkylation sites (tertiary alicyclic amines) is 1. The van der Waals surface area contributed by atoms with Gasteiger partial charge in [-0.15, -0.1) is 0 Å². The minimum absolute atomic E-state index is 0.0336. The van der Waals surface area contributed by atoms with Crippen molar-refractivity contribution in [3.63, 3.8) is 0 Å². The van der Waals surface area contributed by atoms with Crippen LogP contribution in [0.15, 0.2) is 36.4 Å². The van der Waals surface area contributed by atoms with Crippen LogP contribution in [0, 0.1) is 13.8 Å².